The van der Waals surface area contributed by atoms with Gasteiger partial charge in [0.15, 0.2) is 9.84 Å². The van der Waals surface area contributed by atoms with Crippen molar-refractivity contribution in [1.82, 2.24) is 5.32 Å². The van der Waals surface area contributed by atoms with Gasteiger partial charge in [0.05, 0.1) is 17.6 Å². The van der Waals surface area contributed by atoms with Crippen LogP contribution in [0.3, 0.4) is 0 Å². The fourth-order valence-corrected chi connectivity index (χ4v) is 3.24. The molecule has 0 saturated carbocycles. The van der Waals surface area contributed by atoms with Crippen molar-refractivity contribution < 1.29 is 13.5 Å². The van der Waals surface area contributed by atoms with Crippen molar-refractivity contribution in [2.45, 2.75) is 25.5 Å². The van der Waals surface area contributed by atoms with Crippen LogP contribution in [-0.2, 0) is 9.84 Å². The Hall–Kier alpha value is -0.570. The minimum absolute atomic E-state index is 0.0354. The van der Waals surface area contributed by atoms with Gasteiger partial charge in [0.1, 0.15) is 0 Å². The standard InChI is InChI=1S/C9H15NO3S/c1-2-3-4-5-10-8-6-14(12,13)7-9(8)11/h8-11H,4-7H2,1H3. The molecule has 80 valence electrons. The van der Waals surface area contributed by atoms with E-state index in [1.807, 2.05) is 0 Å². The molecule has 14 heavy (non-hydrogen) atoms. The lowest BCUT2D eigenvalue weighted by molar-refractivity contribution is 0.166. The first-order valence-electron chi connectivity index (χ1n) is 4.56. The Morgan fingerprint density at radius 3 is 2.71 bits per heavy atom. The van der Waals surface area contributed by atoms with E-state index in [2.05, 4.69) is 17.2 Å². The van der Waals surface area contributed by atoms with Crippen LogP contribution in [0, 0.1) is 11.8 Å². The molecule has 1 saturated heterocycles. The molecule has 0 aromatic rings. The highest BCUT2D eigenvalue weighted by atomic mass is 32.2. The zero-order valence-corrected chi connectivity index (χ0v) is 8.97. The molecule has 1 aliphatic rings. The lowest BCUT2D eigenvalue weighted by atomic mass is 10.2. The van der Waals surface area contributed by atoms with Crippen molar-refractivity contribution in [2.24, 2.45) is 0 Å². The Balaban J connectivity index is 2.35. The third kappa shape index (κ3) is 3.29. The minimum atomic E-state index is -3.04. The lowest BCUT2D eigenvalue weighted by Crippen LogP contribution is -2.39. The molecule has 2 atom stereocenters. The number of sulfone groups is 1. The first kappa shape index (κ1) is 11.5. The second-order valence-electron chi connectivity index (χ2n) is 3.38. The largest absolute Gasteiger partial charge is 0.390 e. The fraction of sp³-hybridized carbons (Fsp3) is 0.778. The molecule has 0 bridgehead atoms. The Kier molecular flexibility index (Phi) is 3.93. The number of hydrogen-bond acceptors (Lipinski definition) is 4. The summed E-state index contributed by atoms with van der Waals surface area (Å²) in [4.78, 5) is 0. The SMILES string of the molecule is CC#CCCNC1CS(=O)(=O)CC1O. The second-order valence-corrected chi connectivity index (χ2v) is 5.54. The highest BCUT2D eigenvalue weighted by Crippen LogP contribution is 2.12. The predicted molar refractivity (Wildman–Crippen MR) is 54.5 cm³/mol. The molecule has 2 N–H and O–H groups in total. The molecular weight excluding hydrogens is 202 g/mol. The van der Waals surface area contributed by atoms with E-state index >= 15 is 0 Å². The predicted octanol–water partition coefficient (Wildman–Crippen LogP) is -0.853. The van der Waals surface area contributed by atoms with E-state index in [1.165, 1.54) is 0 Å². The van der Waals surface area contributed by atoms with Crippen LogP contribution >= 0.6 is 0 Å². The minimum Gasteiger partial charge on any atom is -0.390 e. The molecule has 4 nitrogen and oxygen atoms in total. The number of aliphatic hydroxyl groups is 1. The van der Waals surface area contributed by atoms with Gasteiger partial charge >= 0.3 is 0 Å². The Morgan fingerprint density at radius 1 is 1.50 bits per heavy atom. The van der Waals surface area contributed by atoms with Gasteiger partial charge in [-0.1, -0.05) is 0 Å². The van der Waals surface area contributed by atoms with Gasteiger partial charge in [-0.2, -0.15) is 0 Å². The highest BCUT2D eigenvalue weighted by molar-refractivity contribution is 7.91. The normalized spacial score (nSPS) is 29.6. The molecule has 0 aromatic carbocycles. The van der Waals surface area contributed by atoms with E-state index in [0.717, 1.165) is 0 Å². The van der Waals surface area contributed by atoms with Crippen molar-refractivity contribution in [3.63, 3.8) is 0 Å². The number of nitrogens with one attached hydrogen (secondary N) is 1. The van der Waals surface area contributed by atoms with Gasteiger partial charge in [-0.15, -0.1) is 11.8 Å². The van der Waals surface area contributed by atoms with Crippen LogP contribution in [0.2, 0.25) is 0 Å². The second kappa shape index (κ2) is 4.78. The van der Waals surface area contributed by atoms with Crippen molar-refractivity contribution >= 4 is 9.84 Å². The summed E-state index contributed by atoms with van der Waals surface area (Å²) in [6, 6.07) is -0.321. The van der Waals surface area contributed by atoms with E-state index in [0.29, 0.717) is 13.0 Å². The molecule has 1 heterocycles. The Morgan fingerprint density at radius 2 is 2.21 bits per heavy atom. The summed E-state index contributed by atoms with van der Waals surface area (Å²) in [5.74, 6) is 5.53. The van der Waals surface area contributed by atoms with Gasteiger partial charge in [-0.05, 0) is 6.92 Å². The third-order valence-corrected chi connectivity index (χ3v) is 3.87. The summed E-state index contributed by atoms with van der Waals surface area (Å²) in [7, 11) is -3.04. The Labute approximate surface area is 84.6 Å². The van der Waals surface area contributed by atoms with Gasteiger partial charge in [-0.25, -0.2) is 8.42 Å². The van der Waals surface area contributed by atoms with E-state index in [4.69, 9.17) is 0 Å². The molecule has 2 unspecified atom stereocenters. The monoisotopic (exact) mass is 217 g/mol. The summed E-state index contributed by atoms with van der Waals surface area (Å²) < 4.78 is 22.2. The van der Waals surface area contributed by atoms with Gasteiger partial charge in [0, 0.05) is 19.0 Å². The summed E-state index contributed by atoms with van der Waals surface area (Å²) >= 11 is 0. The van der Waals surface area contributed by atoms with Crippen LogP contribution in [-0.4, -0.2) is 43.7 Å². The summed E-state index contributed by atoms with van der Waals surface area (Å²) in [6.45, 7) is 2.38. The zero-order chi connectivity index (χ0) is 10.6. The average molecular weight is 217 g/mol. The molecule has 5 heteroatoms. The fourth-order valence-electron chi connectivity index (χ4n) is 1.47. The summed E-state index contributed by atoms with van der Waals surface area (Å²) in [5.41, 5.74) is 0. The highest BCUT2D eigenvalue weighted by Gasteiger charge is 2.35. The average Bonchev–Trinajstić information content (AvgIpc) is 2.34. The number of hydrogen-bond donors (Lipinski definition) is 2. The number of rotatable bonds is 3. The van der Waals surface area contributed by atoms with E-state index in [1.54, 1.807) is 6.92 Å². The van der Waals surface area contributed by atoms with Crippen molar-refractivity contribution in [1.29, 1.82) is 0 Å². The van der Waals surface area contributed by atoms with Gasteiger partial charge in [-0.3, -0.25) is 0 Å². The summed E-state index contributed by atoms with van der Waals surface area (Å²) in [5, 5.41) is 12.4. The first-order chi connectivity index (χ1) is 6.55. The molecular formula is C9H15NO3S. The molecule has 1 aliphatic heterocycles. The molecule has 1 fully saturated rings. The van der Waals surface area contributed by atoms with Crippen LogP contribution in [0.15, 0.2) is 0 Å². The number of aliphatic hydroxyl groups excluding tert-OH is 1. The molecule has 0 radical (unpaired) electrons. The van der Waals surface area contributed by atoms with Gasteiger partial charge in [0.25, 0.3) is 0 Å². The smallest absolute Gasteiger partial charge is 0.154 e. The van der Waals surface area contributed by atoms with Gasteiger partial charge < -0.3 is 10.4 Å². The van der Waals surface area contributed by atoms with Crippen molar-refractivity contribution in [2.75, 3.05) is 18.1 Å². The van der Waals surface area contributed by atoms with Crippen LogP contribution < -0.4 is 5.32 Å². The quantitative estimate of drug-likeness (QED) is 0.477. The van der Waals surface area contributed by atoms with Crippen molar-refractivity contribution in [3.05, 3.63) is 0 Å². The molecule has 0 aromatic heterocycles. The van der Waals surface area contributed by atoms with Crippen molar-refractivity contribution in [3.8, 4) is 11.8 Å². The van der Waals surface area contributed by atoms with Crippen LogP contribution in [0.4, 0.5) is 0 Å². The lowest BCUT2D eigenvalue weighted by Gasteiger charge is -2.13. The van der Waals surface area contributed by atoms with Gasteiger partial charge in [0.2, 0.25) is 0 Å². The topological polar surface area (TPSA) is 66.4 Å². The molecule has 0 aliphatic carbocycles. The maximum absolute atomic E-state index is 11.1. The zero-order valence-electron chi connectivity index (χ0n) is 8.16. The van der Waals surface area contributed by atoms with Crippen LogP contribution in [0.25, 0.3) is 0 Å². The molecule has 1 rings (SSSR count). The molecule has 0 amide bonds. The first-order valence-corrected chi connectivity index (χ1v) is 6.39. The van der Waals surface area contributed by atoms with E-state index < -0.39 is 15.9 Å². The molecule has 0 spiro atoms. The Bertz CT molecular complexity index is 339. The van der Waals surface area contributed by atoms with Crippen LogP contribution in [0.1, 0.15) is 13.3 Å². The van der Waals surface area contributed by atoms with E-state index in [9.17, 15) is 13.5 Å². The van der Waals surface area contributed by atoms with E-state index in [-0.39, 0.29) is 17.5 Å². The third-order valence-electron chi connectivity index (χ3n) is 2.16. The maximum Gasteiger partial charge on any atom is 0.154 e. The summed E-state index contributed by atoms with van der Waals surface area (Å²) in [6.07, 6.45) is -0.0886. The van der Waals surface area contributed by atoms with Crippen LogP contribution in [0.5, 0.6) is 0 Å². The maximum atomic E-state index is 11.1.